The van der Waals surface area contributed by atoms with Crippen LogP contribution < -0.4 is 11.2 Å². The Kier molecular flexibility index (Phi) is 1.34. The van der Waals surface area contributed by atoms with Gasteiger partial charge in [0.25, 0.3) is 0 Å². The van der Waals surface area contributed by atoms with Crippen molar-refractivity contribution in [2.45, 2.75) is 0 Å². The van der Waals surface area contributed by atoms with Gasteiger partial charge >= 0.3 is 0 Å². The molecule has 0 heterocycles. The number of hydrogen-bond acceptors (Lipinski definition) is 2. The molecule has 1 aromatic carbocycles. The van der Waals surface area contributed by atoms with Crippen LogP contribution in [0.1, 0.15) is 0 Å². The van der Waals surface area contributed by atoms with Gasteiger partial charge in [-0.1, -0.05) is 5.46 Å². The first-order valence-electron chi connectivity index (χ1n) is 2.74. The first-order valence-corrected chi connectivity index (χ1v) is 2.74. The van der Waals surface area contributed by atoms with Gasteiger partial charge in [-0.25, -0.2) is 0 Å². The fraction of sp³-hybridized carbons (Fsp3) is 0. The number of benzene rings is 1. The minimum atomic E-state index is 0.229. The van der Waals surface area contributed by atoms with Crippen molar-refractivity contribution < 1.29 is 5.11 Å². The number of anilines is 1. The van der Waals surface area contributed by atoms with Crippen molar-refractivity contribution in [1.29, 1.82) is 0 Å². The highest BCUT2D eigenvalue weighted by atomic mass is 16.3. The van der Waals surface area contributed by atoms with E-state index in [4.69, 9.17) is 10.8 Å². The summed E-state index contributed by atoms with van der Waals surface area (Å²) < 4.78 is 0. The predicted octanol–water partition coefficient (Wildman–Crippen LogP) is -0.767. The smallest absolute Gasteiger partial charge is 0.139 e. The van der Waals surface area contributed by atoms with Crippen LogP contribution in [0.25, 0.3) is 0 Å². The summed E-state index contributed by atoms with van der Waals surface area (Å²) in [7, 11) is 1.88. The molecule has 46 valence electrons. The van der Waals surface area contributed by atoms with Gasteiger partial charge in [0, 0.05) is 11.8 Å². The van der Waals surface area contributed by atoms with Crippen LogP contribution in [0.15, 0.2) is 18.2 Å². The van der Waals surface area contributed by atoms with Gasteiger partial charge in [-0.2, -0.15) is 0 Å². The highest BCUT2D eigenvalue weighted by Gasteiger charge is 1.90. The maximum Gasteiger partial charge on any atom is 0.139 e. The lowest BCUT2D eigenvalue weighted by molar-refractivity contribution is 0.476. The molecule has 0 aliphatic rings. The molecule has 0 aromatic heterocycles. The Labute approximate surface area is 54.7 Å². The van der Waals surface area contributed by atoms with E-state index in [1.807, 2.05) is 7.85 Å². The van der Waals surface area contributed by atoms with Crippen LogP contribution >= 0.6 is 0 Å². The van der Waals surface area contributed by atoms with Crippen LogP contribution in [0.5, 0.6) is 5.75 Å². The third kappa shape index (κ3) is 1.39. The van der Waals surface area contributed by atoms with E-state index < -0.39 is 0 Å². The van der Waals surface area contributed by atoms with E-state index in [9.17, 15) is 0 Å². The van der Waals surface area contributed by atoms with Crippen LogP contribution in [0.3, 0.4) is 0 Å². The number of phenolic OH excluding ortho intramolecular Hbond substituents is 1. The van der Waals surface area contributed by atoms with E-state index in [2.05, 4.69) is 0 Å². The zero-order valence-electron chi connectivity index (χ0n) is 5.26. The summed E-state index contributed by atoms with van der Waals surface area (Å²) >= 11 is 0. The van der Waals surface area contributed by atoms with Crippen LogP contribution in [-0.4, -0.2) is 13.0 Å². The second-order valence-electron chi connectivity index (χ2n) is 2.10. The number of hydrogen-bond donors (Lipinski definition) is 2. The van der Waals surface area contributed by atoms with Gasteiger partial charge in [-0.15, -0.1) is 0 Å². The molecule has 3 N–H and O–H groups in total. The molecule has 0 aliphatic heterocycles. The quantitative estimate of drug-likeness (QED) is 0.349. The van der Waals surface area contributed by atoms with Gasteiger partial charge in [0.2, 0.25) is 0 Å². The lowest BCUT2D eigenvalue weighted by atomic mass is 9.96. The van der Waals surface area contributed by atoms with E-state index in [0.717, 1.165) is 5.46 Å². The molecule has 0 atom stereocenters. The normalized spacial score (nSPS) is 9.33. The Morgan fingerprint density at radius 2 is 2.00 bits per heavy atom. The van der Waals surface area contributed by atoms with Crippen molar-refractivity contribution in [3.63, 3.8) is 0 Å². The Bertz CT molecular complexity index is 174. The molecule has 0 unspecified atom stereocenters. The third-order valence-corrected chi connectivity index (χ3v) is 1.08. The minimum Gasteiger partial charge on any atom is -0.508 e. The molecule has 0 spiro atoms. The summed E-state index contributed by atoms with van der Waals surface area (Å²) in [6, 6.07) is 4.99. The average Bonchev–Trinajstić information content (AvgIpc) is 1.59. The Hall–Kier alpha value is -1.12. The summed E-state index contributed by atoms with van der Waals surface area (Å²) in [5, 5.41) is 8.91. The Morgan fingerprint density at radius 3 is 2.44 bits per heavy atom. The van der Waals surface area contributed by atoms with E-state index in [1.165, 1.54) is 6.07 Å². The second kappa shape index (κ2) is 2.01. The lowest BCUT2D eigenvalue weighted by Gasteiger charge is -1.96. The van der Waals surface area contributed by atoms with Crippen LogP contribution in [-0.2, 0) is 0 Å². The molecule has 0 amide bonds. The molecule has 1 aromatic rings. The Balaban J connectivity index is 3.17. The number of rotatable bonds is 0. The largest absolute Gasteiger partial charge is 0.508 e. The second-order valence-corrected chi connectivity index (χ2v) is 2.10. The van der Waals surface area contributed by atoms with E-state index >= 15 is 0 Å². The molecular formula is C6H8BNO. The molecule has 1 rings (SSSR count). The standard InChI is InChI=1S/C6H8BNO/c7-4-1-5(8)3-6(9)2-4/h1-3,9H,7-8H2. The molecular weight excluding hydrogens is 113 g/mol. The molecule has 0 aliphatic carbocycles. The molecule has 0 fully saturated rings. The fourth-order valence-corrected chi connectivity index (χ4v) is 0.792. The fourth-order valence-electron chi connectivity index (χ4n) is 0.792. The number of aromatic hydroxyl groups is 1. The molecule has 3 heteroatoms. The van der Waals surface area contributed by atoms with Crippen molar-refractivity contribution in [2.24, 2.45) is 0 Å². The van der Waals surface area contributed by atoms with Gasteiger partial charge in [-0.05, 0) is 12.1 Å². The van der Waals surface area contributed by atoms with Gasteiger partial charge in [-0.3, -0.25) is 0 Å². The van der Waals surface area contributed by atoms with Gasteiger partial charge < -0.3 is 10.8 Å². The van der Waals surface area contributed by atoms with Crippen LogP contribution in [0.2, 0.25) is 0 Å². The SMILES string of the molecule is Bc1cc(N)cc(O)c1. The summed E-state index contributed by atoms with van der Waals surface area (Å²) in [6.07, 6.45) is 0. The zero-order valence-corrected chi connectivity index (χ0v) is 5.26. The van der Waals surface area contributed by atoms with Crippen LogP contribution in [0, 0.1) is 0 Å². The first-order chi connectivity index (χ1) is 4.18. The lowest BCUT2D eigenvalue weighted by Crippen LogP contribution is -2.02. The minimum absolute atomic E-state index is 0.229. The molecule has 2 nitrogen and oxygen atoms in total. The van der Waals surface area contributed by atoms with Crippen molar-refractivity contribution >= 4 is 19.0 Å². The maximum atomic E-state index is 8.91. The van der Waals surface area contributed by atoms with Crippen molar-refractivity contribution in [2.75, 3.05) is 5.73 Å². The molecule has 0 saturated heterocycles. The zero-order chi connectivity index (χ0) is 6.85. The highest BCUT2D eigenvalue weighted by molar-refractivity contribution is 6.32. The summed E-state index contributed by atoms with van der Waals surface area (Å²) in [5.41, 5.74) is 6.98. The van der Waals surface area contributed by atoms with E-state index in [-0.39, 0.29) is 5.75 Å². The highest BCUT2D eigenvalue weighted by Crippen LogP contribution is 2.09. The summed E-state index contributed by atoms with van der Waals surface area (Å²) in [5.74, 6) is 0.229. The van der Waals surface area contributed by atoms with E-state index in [0.29, 0.717) is 5.69 Å². The predicted molar refractivity (Wildman–Crippen MR) is 40.7 cm³/mol. The average molecular weight is 121 g/mol. The Morgan fingerprint density at radius 1 is 1.33 bits per heavy atom. The third-order valence-electron chi connectivity index (χ3n) is 1.08. The van der Waals surface area contributed by atoms with Gasteiger partial charge in [0.05, 0.1) is 0 Å². The number of nitrogen functional groups attached to an aromatic ring is 1. The number of phenols is 1. The van der Waals surface area contributed by atoms with Gasteiger partial charge in [0.1, 0.15) is 13.6 Å². The topological polar surface area (TPSA) is 46.2 Å². The first kappa shape index (κ1) is 6.01. The molecule has 0 saturated carbocycles. The molecule has 0 radical (unpaired) electrons. The number of nitrogens with two attached hydrogens (primary N) is 1. The summed E-state index contributed by atoms with van der Waals surface area (Å²) in [4.78, 5) is 0. The summed E-state index contributed by atoms with van der Waals surface area (Å²) in [6.45, 7) is 0. The van der Waals surface area contributed by atoms with Crippen molar-refractivity contribution in [3.8, 4) is 5.75 Å². The molecule has 9 heavy (non-hydrogen) atoms. The van der Waals surface area contributed by atoms with Crippen LogP contribution in [0.4, 0.5) is 5.69 Å². The van der Waals surface area contributed by atoms with E-state index in [1.54, 1.807) is 12.1 Å². The van der Waals surface area contributed by atoms with Crippen molar-refractivity contribution in [1.82, 2.24) is 0 Å². The van der Waals surface area contributed by atoms with Crippen molar-refractivity contribution in [3.05, 3.63) is 18.2 Å². The maximum absolute atomic E-state index is 8.91. The van der Waals surface area contributed by atoms with Gasteiger partial charge in [0.15, 0.2) is 0 Å². The molecule has 0 bridgehead atoms. The monoisotopic (exact) mass is 121 g/mol.